The van der Waals surface area contributed by atoms with Gasteiger partial charge in [-0.1, -0.05) is 23.5 Å². The highest BCUT2D eigenvalue weighted by Gasteiger charge is 2.39. The van der Waals surface area contributed by atoms with Crippen molar-refractivity contribution in [2.24, 2.45) is 0 Å². The molecule has 1 atom stereocenters. The number of nitrogens with one attached hydrogen (secondary N) is 1. The highest BCUT2D eigenvalue weighted by atomic mass is 32.1. The van der Waals surface area contributed by atoms with Gasteiger partial charge >= 0.3 is 11.9 Å². The molecule has 2 aromatic carbocycles. The minimum Gasteiger partial charge on any atom is -0.494 e. The third-order valence-corrected chi connectivity index (χ3v) is 5.26. The van der Waals surface area contributed by atoms with Gasteiger partial charge in [-0.15, -0.1) is 0 Å². The number of aromatic nitrogens is 3. The van der Waals surface area contributed by atoms with Gasteiger partial charge in [0, 0.05) is 4.92 Å². The quantitative estimate of drug-likeness (QED) is 0.264. The van der Waals surface area contributed by atoms with Crippen molar-refractivity contribution in [1.82, 2.24) is 15.0 Å². The Morgan fingerprint density at radius 3 is 2.68 bits per heavy atom. The van der Waals surface area contributed by atoms with E-state index in [2.05, 4.69) is 20.3 Å². The lowest BCUT2D eigenvalue weighted by Crippen LogP contribution is -2.33. The summed E-state index contributed by atoms with van der Waals surface area (Å²) in [4.78, 5) is 48.3. The summed E-state index contributed by atoms with van der Waals surface area (Å²) < 4.78 is 6.17. The Bertz CT molecular complexity index is 1320. The van der Waals surface area contributed by atoms with Gasteiger partial charge in [0.2, 0.25) is 0 Å². The first kappa shape index (κ1) is 20.3. The van der Waals surface area contributed by atoms with E-state index in [9.17, 15) is 19.7 Å². The highest BCUT2D eigenvalue weighted by molar-refractivity contribution is 7.22. The Morgan fingerprint density at radius 2 is 1.94 bits per heavy atom. The molecule has 1 N–H and O–H groups in total. The average molecular weight is 437 g/mol. The molecular formula is C20H15N5O5S. The van der Waals surface area contributed by atoms with Crippen LogP contribution in [0.2, 0.25) is 0 Å². The van der Waals surface area contributed by atoms with Crippen LogP contribution in [0.5, 0.6) is 5.75 Å². The lowest BCUT2D eigenvalue weighted by molar-refractivity contribution is -0.513. The van der Waals surface area contributed by atoms with E-state index < -0.39 is 22.7 Å². The lowest BCUT2D eigenvalue weighted by Gasteiger charge is -2.08. The topological polar surface area (TPSA) is 137 Å². The summed E-state index contributed by atoms with van der Waals surface area (Å²) in [5.74, 6) is -1.76. The van der Waals surface area contributed by atoms with Crippen LogP contribution < -0.4 is 10.1 Å². The third kappa shape index (κ3) is 4.16. The number of anilines is 1. The maximum atomic E-state index is 12.6. The van der Waals surface area contributed by atoms with Crippen molar-refractivity contribution in [3.05, 3.63) is 64.5 Å². The average Bonchev–Trinajstić information content (AvgIpc) is 3.15. The van der Waals surface area contributed by atoms with Crippen molar-refractivity contribution < 1.29 is 19.2 Å². The van der Waals surface area contributed by atoms with Gasteiger partial charge in [-0.05, 0) is 37.3 Å². The maximum absolute atomic E-state index is 12.6. The number of hydrogen-bond acceptors (Lipinski definition) is 9. The number of Topliss-reactive ketones (excluding diaryl/α,β-unsaturated/α-hetero) is 1. The second kappa shape index (κ2) is 8.40. The molecule has 2 heterocycles. The molecule has 2 aromatic heterocycles. The van der Waals surface area contributed by atoms with Crippen molar-refractivity contribution in [2.45, 2.75) is 13.0 Å². The standard InChI is InChI=1S/C20H15N5O5S/c1-2-30-11-7-8-14-16(9-11)31-20(23-14)24-19(27)18(26)17(25(28)29)15-10-21-12-5-3-4-6-13(12)22-15/h3-10,17H,2H2,1H3,(H,23,24,27)/t17-/m1/s1. The minimum atomic E-state index is -1.98. The molecule has 31 heavy (non-hydrogen) atoms. The Kier molecular flexibility index (Phi) is 5.50. The maximum Gasteiger partial charge on any atom is 0.322 e. The molecule has 4 rings (SSSR count). The Morgan fingerprint density at radius 1 is 1.16 bits per heavy atom. The normalized spacial score (nSPS) is 11.9. The van der Waals surface area contributed by atoms with Crippen molar-refractivity contribution in [2.75, 3.05) is 11.9 Å². The molecule has 0 aliphatic carbocycles. The summed E-state index contributed by atoms with van der Waals surface area (Å²) in [5, 5.41) is 14.1. The number of benzene rings is 2. The van der Waals surface area contributed by atoms with Crippen LogP contribution in [0.4, 0.5) is 5.13 Å². The van der Waals surface area contributed by atoms with Crippen LogP contribution in [0, 0.1) is 10.1 Å². The van der Waals surface area contributed by atoms with Crippen LogP contribution in [0.1, 0.15) is 18.7 Å². The molecule has 0 aliphatic rings. The fourth-order valence-electron chi connectivity index (χ4n) is 2.94. The molecule has 0 saturated heterocycles. The number of carbonyl (C=O) groups excluding carboxylic acids is 2. The lowest BCUT2D eigenvalue weighted by atomic mass is 10.1. The highest BCUT2D eigenvalue weighted by Crippen LogP contribution is 2.29. The second-order valence-corrected chi connectivity index (χ2v) is 7.40. The predicted octanol–water partition coefficient (Wildman–Crippen LogP) is 3.16. The van der Waals surface area contributed by atoms with E-state index in [0.717, 1.165) is 22.2 Å². The van der Waals surface area contributed by atoms with Gasteiger partial charge < -0.3 is 4.74 Å². The van der Waals surface area contributed by atoms with Gasteiger partial charge in [-0.3, -0.25) is 30.0 Å². The molecule has 0 saturated carbocycles. The van der Waals surface area contributed by atoms with E-state index in [-0.39, 0.29) is 10.8 Å². The molecule has 0 spiro atoms. The summed E-state index contributed by atoms with van der Waals surface area (Å²) in [5.41, 5.74) is 1.29. The number of hydrogen-bond donors (Lipinski definition) is 1. The number of nitro groups is 1. The zero-order valence-electron chi connectivity index (χ0n) is 16.1. The molecule has 1 amide bonds. The summed E-state index contributed by atoms with van der Waals surface area (Å²) in [6.45, 7) is 2.36. The minimum absolute atomic E-state index is 0.147. The number of ether oxygens (including phenoxy) is 1. The third-order valence-electron chi connectivity index (χ3n) is 4.32. The smallest absolute Gasteiger partial charge is 0.322 e. The molecule has 156 valence electrons. The van der Waals surface area contributed by atoms with Crippen LogP contribution >= 0.6 is 11.3 Å². The second-order valence-electron chi connectivity index (χ2n) is 6.37. The van der Waals surface area contributed by atoms with Crippen LogP contribution in [0.15, 0.2) is 48.7 Å². The molecular weight excluding hydrogens is 422 g/mol. The van der Waals surface area contributed by atoms with E-state index in [0.29, 0.717) is 28.9 Å². The van der Waals surface area contributed by atoms with E-state index in [1.54, 1.807) is 42.5 Å². The van der Waals surface area contributed by atoms with Crippen LogP contribution in [0.25, 0.3) is 21.3 Å². The Hall–Kier alpha value is -3.99. The number of nitrogens with zero attached hydrogens (tertiary/aromatic N) is 4. The monoisotopic (exact) mass is 437 g/mol. The first-order valence-electron chi connectivity index (χ1n) is 9.20. The van der Waals surface area contributed by atoms with Gasteiger partial charge in [0.25, 0.3) is 5.78 Å². The molecule has 0 radical (unpaired) electrons. The molecule has 4 aromatic rings. The molecule has 11 heteroatoms. The number of thiazole rings is 1. The summed E-state index contributed by atoms with van der Waals surface area (Å²) >= 11 is 1.13. The fraction of sp³-hybridized carbons (Fsp3) is 0.150. The van der Waals surface area contributed by atoms with Crippen LogP contribution in [-0.2, 0) is 9.59 Å². The van der Waals surface area contributed by atoms with Crippen LogP contribution in [-0.4, -0.2) is 38.2 Å². The molecule has 0 unspecified atom stereocenters. The molecule has 10 nitrogen and oxygen atoms in total. The summed E-state index contributed by atoms with van der Waals surface area (Å²) in [6.07, 6.45) is 1.13. The van der Waals surface area contributed by atoms with Gasteiger partial charge in [-0.25, -0.2) is 9.97 Å². The van der Waals surface area contributed by atoms with E-state index in [1.807, 2.05) is 6.92 Å². The zero-order chi connectivity index (χ0) is 22.0. The number of ketones is 1. The summed E-state index contributed by atoms with van der Waals surface area (Å²) in [6, 6.07) is 9.99. The van der Waals surface area contributed by atoms with Crippen LogP contribution in [0.3, 0.4) is 0 Å². The Balaban J connectivity index is 1.58. The fourth-order valence-corrected chi connectivity index (χ4v) is 3.83. The largest absolute Gasteiger partial charge is 0.494 e. The van der Waals surface area contributed by atoms with Gasteiger partial charge in [0.05, 0.1) is 34.1 Å². The van der Waals surface area contributed by atoms with Gasteiger partial charge in [0.1, 0.15) is 11.4 Å². The van der Waals surface area contributed by atoms with Crippen molar-refractivity contribution in [3.8, 4) is 5.75 Å². The molecule has 0 bridgehead atoms. The molecule has 0 aliphatic heterocycles. The number of para-hydroxylation sites is 2. The van der Waals surface area contributed by atoms with E-state index in [4.69, 9.17) is 4.74 Å². The number of amides is 1. The van der Waals surface area contributed by atoms with Crippen molar-refractivity contribution in [1.29, 1.82) is 0 Å². The number of carbonyl (C=O) groups is 2. The predicted molar refractivity (Wildman–Crippen MR) is 114 cm³/mol. The van der Waals surface area contributed by atoms with Crippen molar-refractivity contribution in [3.63, 3.8) is 0 Å². The molecule has 0 fully saturated rings. The van der Waals surface area contributed by atoms with Gasteiger partial charge in [0.15, 0.2) is 5.13 Å². The number of fused-ring (bicyclic) bond motifs is 2. The first-order chi connectivity index (χ1) is 15.0. The van der Waals surface area contributed by atoms with E-state index >= 15 is 0 Å². The Labute approximate surface area is 179 Å². The van der Waals surface area contributed by atoms with Gasteiger partial charge in [-0.2, -0.15) is 0 Å². The SMILES string of the molecule is CCOc1ccc2nc(NC(=O)C(=O)[C@@H](c3cnc4ccccc4n3)[N+](=O)[O-])sc2c1. The van der Waals surface area contributed by atoms with E-state index in [1.165, 1.54) is 0 Å². The number of rotatable bonds is 7. The zero-order valence-corrected chi connectivity index (χ0v) is 17.0. The van der Waals surface area contributed by atoms with Crippen molar-refractivity contribution >= 4 is 49.4 Å². The summed E-state index contributed by atoms with van der Waals surface area (Å²) in [7, 11) is 0. The first-order valence-corrected chi connectivity index (χ1v) is 10.0.